The van der Waals surface area contributed by atoms with Gasteiger partial charge in [-0.05, 0) is 31.2 Å². The number of rotatable bonds is 5. The van der Waals surface area contributed by atoms with Crippen molar-refractivity contribution in [2.45, 2.75) is 18.6 Å². The number of methoxy groups -OCH3 is 1. The Balaban J connectivity index is 1.98. The Bertz CT molecular complexity index is 824. The molecule has 1 aliphatic rings. The second-order valence-electron chi connectivity index (χ2n) is 6.59. The van der Waals surface area contributed by atoms with Gasteiger partial charge in [0.2, 0.25) is 0 Å². The summed E-state index contributed by atoms with van der Waals surface area (Å²) in [5.74, 6) is -0.343. The summed E-state index contributed by atoms with van der Waals surface area (Å²) >= 11 is 0. The summed E-state index contributed by atoms with van der Waals surface area (Å²) < 4.78 is 24.2. The maximum atomic E-state index is 13.7. The van der Waals surface area contributed by atoms with E-state index < -0.39 is 17.8 Å². The zero-order chi connectivity index (χ0) is 19.6. The number of anilines is 1. The van der Waals surface area contributed by atoms with E-state index in [2.05, 4.69) is 15.8 Å². The average molecular weight is 378 g/mol. The monoisotopic (exact) mass is 378 g/mol. The molecule has 0 radical (unpaired) electrons. The molecular formula is C18H23FN4O4. The molecule has 1 fully saturated rings. The minimum absolute atomic E-state index is 0.0374. The minimum Gasteiger partial charge on any atom is -0.494 e. The molecule has 3 N–H and O–H groups in total. The Kier molecular flexibility index (Phi) is 5.62. The summed E-state index contributed by atoms with van der Waals surface area (Å²) in [6, 6.07) is 3.81. The molecule has 27 heavy (non-hydrogen) atoms. The van der Waals surface area contributed by atoms with Gasteiger partial charge in [0.15, 0.2) is 23.1 Å². The lowest BCUT2D eigenvalue weighted by Gasteiger charge is -2.29. The maximum absolute atomic E-state index is 13.7. The molecule has 0 bridgehead atoms. The molecule has 1 saturated heterocycles. The van der Waals surface area contributed by atoms with E-state index in [1.165, 1.54) is 25.3 Å². The van der Waals surface area contributed by atoms with Gasteiger partial charge in [-0.1, -0.05) is 5.16 Å². The van der Waals surface area contributed by atoms with E-state index in [0.717, 1.165) is 0 Å². The number of piperidine rings is 1. The first kappa shape index (κ1) is 19.1. The number of carbonyl (C=O) groups excluding carboxylic acids is 1. The number of aromatic nitrogens is 1. The van der Waals surface area contributed by atoms with Crippen LogP contribution in [-0.2, 0) is 0 Å². The quantitative estimate of drug-likeness (QED) is 0.714. The lowest BCUT2D eigenvalue weighted by molar-refractivity contribution is 0.0766. The Morgan fingerprint density at radius 3 is 2.93 bits per heavy atom. The molecule has 2 aromatic rings. The third-order valence-electron chi connectivity index (χ3n) is 4.50. The van der Waals surface area contributed by atoms with Crippen molar-refractivity contribution in [2.24, 2.45) is 0 Å². The Labute approximate surface area is 156 Å². The fourth-order valence-corrected chi connectivity index (χ4v) is 3.04. The van der Waals surface area contributed by atoms with Crippen LogP contribution < -0.4 is 20.3 Å². The van der Waals surface area contributed by atoms with Crippen molar-refractivity contribution >= 4 is 11.7 Å². The van der Waals surface area contributed by atoms with Crippen LogP contribution in [0.3, 0.4) is 0 Å². The van der Waals surface area contributed by atoms with Crippen molar-refractivity contribution in [3.05, 3.63) is 29.6 Å². The van der Waals surface area contributed by atoms with Crippen LogP contribution in [0.25, 0.3) is 11.3 Å². The number of aliphatic hydroxyl groups excluding tert-OH is 1. The Hall–Kier alpha value is -2.65. The summed E-state index contributed by atoms with van der Waals surface area (Å²) in [5, 5.41) is 20.0. The predicted molar refractivity (Wildman–Crippen MR) is 97.5 cm³/mol. The normalized spacial score (nSPS) is 19.6. The molecule has 2 atom stereocenters. The van der Waals surface area contributed by atoms with Gasteiger partial charge >= 0.3 is 0 Å². The first-order chi connectivity index (χ1) is 12.9. The molecular weight excluding hydrogens is 355 g/mol. The van der Waals surface area contributed by atoms with E-state index in [1.807, 2.05) is 0 Å². The van der Waals surface area contributed by atoms with E-state index in [4.69, 9.17) is 9.26 Å². The predicted octanol–water partition coefficient (Wildman–Crippen LogP) is 1.01. The SMILES string of the molecule is COc1cc(-c2onc(N(C)C)c2C(=O)N[C@@H]2CCNC[C@H]2O)ccc1F. The van der Waals surface area contributed by atoms with Crippen molar-refractivity contribution in [3.8, 4) is 17.1 Å². The number of ether oxygens (including phenoxy) is 1. The number of amides is 1. The number of β-amino-alcohol motifs (C(OH)–C–C–N with tert-alkyl or cyclic N) is 1. The molecule has 9 heteroatoms. The Morgan fingerprint density at radius 1 is 1.48 bits per heavy atom. The summed E-state index contributed by atoms with van der Waals surface area (Å²) in [7, 11) is 4.84. The number of nitrogens with one attached hydrogen (secondary N) is 2. The Morgan fingerprint density at radius 2 is 2.26 bits per heavy atom. The third-order valence-corrected chi connectivity index (χ3v) is 4.50. The molecule has 146 valence electrons. The van der Waals surface area contributed by atoms with Gasteiger partial charge in [-0.25, -0.2) is 4.39 Å². The first-order valence-corrected chi connectivity index (χ1v) is 8.63. The number of benzene rings is 1. The molecule has 0 saturated carbocycles. The lowest BCUT2D eigenvalue weighted by Crippen LogP contribution is -2.52. The van der Waals surface area contributed by atoms with Crippen molar-refractivity contribution in [2.75, 3.05) is 39.2 Å². The minimum atomic E-state index is -0.681. The highest BCUT2D eigenvalue weighted by Crippen LogP contribution is 2.33. The third kappa shape index (κ3) is 3.88. The van der Waals surface area contributed by atoms with Gasteiger partial charge in [-0.2, -0.15) is 0 Å². The molecule has 0 unspecified atom stereocenters. The van der Waals surface area contributed by atoms with Crippen LogP contribution in [-0.4, -0.2) is 62.6 Å². The van der Waals surface area contributed by atoms with Crippen molar-refractivity contribution in [1.82, 2.24) is 15.8 Å². The average Bonchev–Trinajstić information content (AvgIpc) is 3.09. The number of halogens is 1. The molecule has 8 nitrogen and oxygen atoms in total. The zero-order valence-electron chi connectivity index (χ0n) is 15.5. The highest BCUT2D eigenvalue weighted by Gasteiger charge is 2.30. The van der Waals surface area contributed by atoms with Crippen LogP contribution in [0.4, 0.5) is 10.2 Å². The summed E-state index contributed by atoms with van der Waals surface area (Å²) in [5.41, 5.74) is 0.684. The van der Waals surface area contributed by atoms with Crippen LogP contribution in [0.5, 0.6) is 5.75 Å². The molecule has 0 aliphatic carbocycles. The summed E-state index contributed by atoms with van der Waals surface area (Å²) in [6.45, 7) is 1.12. The van der Waals surface area contributed by atoms with Crippen LogP contribution in [0, 0.1) is 5.82 Å². The largest absolute Gasteiger partial charge is 0.494 e. The number of hydrogen-bond acceptors (Lipinski definition) is 7. The van der Waals surface area contributed by atoms with Crippen LogP contribution in [0.15, 0.2) is 22.7 Å². The van der Waals surface area contributed by atoms with Crippen molar-refractivity contribution in [1.29, 1.82) is 0 Å². The van der Waals surface area contributed by atoms with Gasteiger partial charge in [-0.15, -0.1) is 0 Å². The second kappa shape index (κ2) is 7.93. The fourth-order valence-electron chi connectivity index (χ4n) is 3.04. The molecule has 3 rings (SSSR count). The van der Waals surface area contributed by atoms with E-state index in [0.29, 0.717) is 30.9 Å². The van der Waals surface area contributed by atoms with Gasteiger partial charge in [0.25, 0.3) is 5.91 Å². The number of hydrogen-bond donors (Lipinski definition) is 3. The van der Waals surface area contributed by atoms with Gasteiger partial charge in [0.1, 0.15) is 5.56 Å². The van der Waals surface area contributed by atoms with Crippen molar-refractivity contribution in [3.63, 3.8) is 0 Å². The van der Waals surface area contributed by atoms with Crippen molar-refractivity contribution < 1.29 is 23.6 Å². The highest BCUT2D eigenvalue weighted by molar-refractivity contribution is 6.04. The molecule has 1 aliphatic heterocycles. The zero-order valence-corrected chi connectivity index (χ0v) is 15.5. The standard InChI is InChI=1S/C18H23FN4O4/c1-23(2)17-15(18(25)21-12-6-7-20-9-13(12)24)16(27-22-17)10-4-5-11(19)14(8-10)26-3/h4-5,8,12-13,20,24H,6-7,9H2,1-3H3,(H,21,25)/t12-,13-/m1/s1. The van der Waals surface area contributed by atoms with E-state index in [9.17, 15) is 14.3 Å². The summed E-state index contributed by atoms with van der Waals surface area (Å²) in [6.07, 6.45) is -0.0745. The second-order valence-corrected chi connectivity index (χ2v) is 6.59. The van der Waals surface area contributed by atoms with Gasteiger partial charge in [0, 0.05) is 26.2 Å². The highest BCUT2D eigenvalue weighted by atomic mass is 19.1. The number of nitrogens with zero attached hydrogens (tertiary/aromatic N) is 2. The van der Waals surface area contributed by atoms with Crippen LogP contribution in [0.1, 0.15) is 16.8 Å². The van der Waals surface area contributed by atoms with Gasteiger partial charge < -0.3 is 29.9 Å². The van der Waals surface area contributed by atoms with E-state index in [-0.39, 0.29) is 23.1 Å². The fraction of sp³-hybridized carbons (Fsp3) is 0.444. The smallest absolute Gasteiger partial charge is 0.259 e. The molecule has 1 aromatic carbocycles. The maximum Gasteiger partial charge on any atom is 0.259 e. The van der Waals surface area contributed by atoms with Gasteiger partial charge in [0.05, 0.1) is 19.3 Å². The van der Waals surface area contributed by atoms with Gasteiger partial charge in [-0.3, -0.25) is 4.79 Å². The topological polar surface area (TPSA) is 99.9 Å². The molecule has 1 amide bonds. The van der Waals surface area contributed by atoms with Crippen LogP contribution >= 0.6 is 0 Å². The molecule has 0 spiro atoms. The lowest BCUT2D eigenvalue weighted by atomic mass is 10.0. The number of aliphatic hydroxyl groups is 1. The van der Waals surface area contributed by atoms with E-state index >= 15 is 0 Å². The molecule has 1 aromatic heterocycles. The first-order valence-electron chi connectivity index (χ1n) is 8.63. The van der Waals surface area contributed by atoms with E-state index in [1.54, 1.807) is 19.0 Å². The molecule has 2 heterocycles. The number of carbonyl (C=O) groups is 1. The van der Waals surface area contributed by atoms with Crippen LogP contribution in [0.2, 0.25) is 0 Å². The summed E-state index contributed by atoms with van der Waals surface area (Å²) in [4.78, 5) is 14.6.